The minimum absolute atomic E-state index is 0.108. The van der Waals surface area contributed by atoms with Crippen LogP contribution in [0.4, 0.5) is 14.3 Å². The summed E-state index contributed by atoms with van der Waals surface area (Å²) in [6, 6.07) is 11.4. The van der Waals surface area contributed by atoms with Crippen molar-refractivity contribution in [3.05, 3.63) is 65.4 Å². The number of benzene rings is 1. The van der Waals surface area contributed by atoms with Crippen LogP contribution in [0.5, 0.6) is 0 Å². The van der Waals surface area contributed by atoms with Gasteiger partial charge in [-0.25, -0.2) is 14.2 Å². The minimum Gasteiger partial charge on any atom is -0.334 e. The summed E-state index contributed by atoms with van der Waals surface area (Å²) in [5.74, 6) is -0.348. The van der Waals surface area contributed by atoms with Crippen molar-refractivity contribution in [1.29, 1.82) is 0 Å². The van der Waals surface area contributed by atoms with Crippen LogP contribution in [0.2, 0.25) is 0 Å². The van der Waals surface area contributed by atoms with Gasteiger partial charge < -0.3 is 5.32 Å². The monoisotopic (exact) mass is 328 g/mol. The van der Waals surface area contributed by atoms with Crippen molar-refractivity contribution in [3.63, 3.8) is 0 Å². The molecular formula is C16H13FN4OS. The van der Waals surface area contributed by atoms with Gasteiger partial charge in [0.05, 0.1) is 5.69 Å². The second-order valence-corrected chi connectivity index (χ2v) is 5.51. The third-order valence-corrected chi connectivity index (χ3v) is 3.81. The van der Waals surface area contributed by atoms with Crippen molar-refractivity contribution in [3.8, 4) is 11.4 Å². The molecule has 2 heterocycles. The highest BCUT2D eigenvalue weighted by atomic mass is 32.1. The maximum atomic E-state index is 13.5. The molecule has 23 heavy (non-hydrogen) atoms. The van der Waals surface area contributed by atoms with Crippen LogP contribution >= 0.6 is 11.3 Å². The lowest BCUT2D eigenvalue weighted by Crippen LogP contribution is -2.28. The van der Waals surface area contributed by atoms with E-state index in [1.807, 2.05) is 23.6 Å². The van der Waals surface area contributed by atoms with E-state index in [-0.39, 0.29) is 12.4 Å². The number of nitrogens with zero attached hydrogens (tertiary/aromatic N) is 2. The molecule has 1 aromatic carbocycles. The third kappa shape index (κ3) is 3.89. The van der Waals surface area contributed by atoms with Gasteiger partial charge in [-0.2, -0.15) is 0 Å². The van der Waals surface area contributed by atoms with Crippen LogP contribution < -0.4 is 10.6 Å². The average Bonchev–Trinajstić information content (AvgIpc) is 3.03. The van der Waals surface area contributed by atoms with Gasteiger partial charge in [0.25, 0.3) is 0 Å². The number of aromatic nitrogens is 2. The lowest BCUT2D eigenvalue weighted by molar-refractivity contribution is 0.251. The summed E-state index contributed by atoms with van der Waals surface area (Å²) >= 11 is 1.30. The van der Waals surface area contributed by atoms with E-state index in [9.17, 15) is 9.18 Å². The first-order chi connectivity index (χ1) is 11.2. The Morgan fingerprint density at radius 3 is 2.74 bits per heavy atom. The van der Waals surface area contributed by atoms with E-state index >= 15 is 0 Å². The van der Waals surface area contributed by atoms with E-state index in [0.29, 0.717) is 16.4 Å². The van der Waals surface area contributed by atoms with Crippen LogP contribution in [-0.4, -0.2) is 16.0 Å². The highest BCUT2D eigenvalue weighted by molar-refractivity contribution is 7.14. The maximum absolute atomic E-state index is 13.5. The molecule has 2 N–H and O–H groups in total. The number of rotatable bonds is 4. The molecule has 0 aliphatic rings. The Bertz CT molecular complexity index is 807. The summed E-state index contributed by atoms with van der Waals surface area (Å²) in [5.41, 5.74) is 1.86. The summed E-state index contributed by atoms with van der Waals surface area (Å²) in [5, 5.41) is 7.50. The number of hydrogen-bond acceptors (Lipinski definition) is 4. The van der Waals surface area contributed by atoms with E-state index in [2.05, 4.69) is 20.6 Å². The van der Waals surface area contributed by atoms with Gasteiger partial charge in [0, 0.05) is 23.7 Å². The number of amides is 2. The second kappa shape index (κ2) is 6.97. The third-order valence-electron chi connectivity index (χ3n) is 3.05. The minimum atomic E-state index is -0.435. The number of hydrogen-bond donors (Lipinski definition) is 2. The topological polar surface area (TPSA) is 66.9 Å². The zero-order valence-corrected chi connectivity index (χ0v) is 12.8. The molecule has 0 aliphatic heterocycles. The molecular weight excluding hydrogens is 315 g/mol. The molecule has 0 saturated heterocycles. The van der Waals surface area contributed by atoms with Crippen molar-refractivity contribution in [2.24, 2.45) is 0 Å². The van der Waals surface area contributed by atoms with E-state index in [1.165, 1.54) is 17.4 Å². The summed E-state index contributed by atoms with van der Waals surface area (Å²) in [6.45, 7) is 0.108. The first-order valence-electron chi connectivity index (χ1n) is 6.87. The van der Waals surface area contributed by atoms with Crippen molar-refractivity contribution in [1.82, 2.24) is 15.3 Å². The molecule has 3 aromatic rings. The fourth-order valence-electron chi connectivity index (χ4n) is 1.92. The summed E-state index contributed by atoms with van der Waals surface area (Å²) in [4.78, 5) is 20.4. The average molecular weight is 328 g/mol. The van der Waals surface area contributed by atoms with Crippen molar-refractivity contribution >= 4 is 22.5 Å². The molecule has 0 radical (unpaired) electrons. The normalized spacial score (nSPS) is 10.3. The lowest BCUT2D eigenvalue weighted by Gasteiger charge is -2.06. The van der Waals surface area contributed by atoms with E-state index < -0.39 is 6.03 Å². The fourth-order valence-corrected chi connectivity index (χ4v) is 2.62. The Hall–Kier alpha value is -2.80. The number of nitrogens with one attached hydrogen (secondary N) is 2. The zero-order chi connectivity index (χ0) is 16.1. The molecule has 0 unspecified atom stereocenters. The summed E-state index contributed by atoms with van der Waals surface area (Å²) in [7, 11) is 0. The van der Waals surface area contributed by atoms with Crippen molar-refractivity contribution in [2.75, 3.05) is 5.32 Å². The Labute approximate surface area is 136 Å². The standard InChI is InChI=1S/C16H13FN4OS/c17-12-6-2-1-5-11(12)9-19-15(22)21-16-20-14(10-23-16)13-7-3-4-8-18-13/h1-8,10H,9H2,(H2,19,20,21,22). The predicted molar refractivity (Wildman–Crippen MR) is 87.6 cm³/mol. The first-order valence-corrected chi connectivity index (χ1v) is 7.75. The maximum Gasteiger partial charge on any atom is 0.321 e. The number of halogens is 1. The number of thiazole rings is 1. The van der Waals surface area contributed by atoms with Crippen LogP contribution in [-0.2, 0) is 6.54 Å². The van der Waals surface area contributed by atoms with Crippen LogP contribution in [0.25, 0.3) is 11.4 Å². The van der Waals surface area contributed by atoms with Crippen molar-refractivity contribution < 1.29 is 9.18 Å². The summed E-state index contributed by atoms with van der Waals surface area (Å²) in [6.07, 6.45) is 1.68. The van der Waals surface area contributed by atoms with Gasteiger partial charge in [0.1, 0.15) is 11.5 Å². The highest BCUT2D eigenvalue weighted by Gasteiger charge is 2.09. The van der Waals surface area contributed by atoms with Crippen LogP contribution in [0.15, 0.2) is 54.0 Å². The molecule has 0 bridgehead atoms. The Kier molecular flexibility index (Phi) is 4.58. The molecule has 0 fully saturated rings. The van der Waals surface area contributed by atoms with Crippen LogP contribution in [0.1, 0.15) is 5.56 Å². The van der Waals surface area contributed by atoms with Gasteiger partial charge in [-0.3, -0.25) is 10.3 Å². The van der Waals surface area contributed by atoms with E-state index in [1.54, 1.807) is 24.4 Å². The number of urea groups is 1. The predicted octanol–water partition coefficient (Wildman–Crippen LogP) is 3.67. The number of carbonyl (C=O) groups excluding carboxylic acids is 1. The highest BCUT2D eigenvalue weighted by Crippen LogP contribution is 2.22. The van der Waals surface area contributed by atoms with E-state index in [4.69, 9.17) is 0 Å². The summed E-state index contributed by atoms with van der Waals surface area (Å²) < 4.78 is 13.5. The Morgan fingerprint density at radius 2 is 1.96 bits per heavy atom. The molecule has 0 saturated carbocycles. The lowest BCUT2D eigenvalue weighted by atomic mass is 10.2. The number of carbonyl (C=O) groups is 1. The van der Waals surface area contributed by atoms with Gasteiger partial charge in [0.15, 0.2) is 5.13 Å². The zero-order valence-electron chi connectivity index (χ0n) is 12.0. The Balaban J connectivity index is 1.58. The van der Waals surface area contributed by atoms with Gasteiger partial charge in [-0.05, 0) is 18.2 Å². The molecule has 0 atom stereocenters. The van der Waals surface area contributed by atoms with Crippen molar-refractivity contribution in [2.45, 2.75) is 6.54 Å². The molecule has 0 spiro atoms. The Morgan fingerprint density at radius 1 is 1.13 bits per heavy atom. The molecule has 116 valence electrons. The van der Waals surface area contributed by atoms with Gasteiger partial charge in [0.2, 0.25) is 0 Å². The van der Waals surface area contributed by atoms with E-state index in [0.717, 1.165) is 5.69 Å². The molecule has 7 heteroatoms. The molecule has 2 aromatic heterocycles. The number of anilines is 1. The fraction of sp³-hybridized carbons (Fsp3) is 0.0625. The largest absolute Gasteiger partial charge is 0.334 e. The van der Waals surface area contributed by atoms with Gasteiger partial charge >= 0.3 is 6.03 Å². The second-order valence-electron chi connectivity index (χ2n) is 4.65. The number of pyridine rings is 1. The van der Waals surface area contributed by atoms with Crippen LogP contribution in [0, 0.1) is 5.82 Å². The van der Waals surface area contributed by atoms with Gasteiger partial charge in [-0.15, -0.1) is 11.3 Å². The molecule has 3 rings (SSSR count). The first kappa shape index (κ1) is 15.1. The van der Waals surface area contributed by atoms with Crippen LogP contribution in [0.3, 0.4) is 0 Å². The molecule has 5 nitrogen and oxygen atoms in total. The smallest absolute Gasteiger partial charge is 0.321 e. The SMILES string of the molecule is O=C(NCc1ccccc1F)Nc1nc(-c2ccccn2)cs1. The molecule has 0 aliphatic carbocycles. The van der Waals surface area contributed by atoms with Gasteiger partial charge in [-0.1, -0.05) is 24.3 Å². The quantitative estimate of drug-likeness (QED) is 0.768. The molecule has 2 amide bonds.